The number of nitrogens with zero attached hydrogens (tertiary/aromatic N) is 1. The van der Waals surface area contributed by atoms with Crippen molar-refractivity contribution in [3.63, 3.8) is 0 Å². The standard InChI is InChI=1S/C10H7F3N2S/c11-10(12,13)7-2-1-3-8(6-7)16-9-4-5-14-15-9/h1-6H,(H,14,15). The highest BCUT2D eigenvalue weighted by atomic mass is 32.2. The van der Waals surface area contributed by atoms with Crippen LogP contribution in [0.15, 0.2) is 46.5 Å². The van der Waals surface area contributed by atoms with Gasteiger partial charge in [0.1, 0.15) is 0 Å². The Labute approximate surface area is 93.9 Å². The number of nitrogens with one attached hydrogen (secondary N) is 1. The lowest BCUT2D eigenvalue weighted by Gasteiger charge is -2.07. The first kappa shape index (κ1) is 11.1. The van der Waals surface area contributed by atoms with Crippen LogP contribution in [0.4, 0.5) is 13.2 Å². The Kier molecular flexibility index (Phi) is 2.91. The lowest BCUT2D eigenvalue weighted by atomic mass is 10.2. The van der Waals surface area contributed by atoms with Gasteiger partial charge in [0.2, 0.25) is 0 Å². The van der Waals surface area contributed by atoms with Crippen LogP contribution in [0.3, 0.4) is 0 Å². The molecule has 0 amide bonds. The Morgan fingerprint density at radius 3 is 2.62 bits per heavy atom. The van der Waals surface area contributed by atoms with Crippen molar-refractivity contribution in [3.05, 3.63) is 42.1 Å². The zero-order chi connectivity index (χ0) is 11.6. The average molecular weight is 244 g/mol. The summed E-state index contributed by atoms with van der Waals surface area (Å²) in [6.07, 6.45) is -2.75. The number of rotatable bonds is 2. The predicted molar refractivity (Wildman–Crippen MR) is 54.2 cm³/mol. The van der Waals surface area contributed by atoms with E-state index in [1.807, 2.05) is 0 Å². The molecule has 1 heterocycles. The summed E-state index contributed by atoms with van der Waals surface area (Å²) in [5.74, 6) is 0. The van der Waals surface area contributed by atoms with Crippen LogP contribution in [-0.2, 0) is 6.18 Å². The minimum absolute atomic E-state index is 0.527. The topological polar surface area (TPSA) is 28.7 Å². The molecule has 2 nitrogen and oxygen atoms in total. The molecule has 0 bridgehead atoms. The van der Waals surface area contributed by atoms with Crippen LogP contribution in [0, 0.1) is 0 Å². The third-order valence-electron chi connectivity index (χ3n) is 1.86. The zero-order valence-electron chi connectivity index (χ0n) is 7.95. The summed E-state index contributed by atoms with van der Waals surface area (Å²) in [4.78, 5) is 0.527. The molecule has 0 radical (unpaired) electrons. The fourth-order valence-electron chi connectivity index (χ4n) is 1.16. The third-order valence-corrected chi connectivity index (χ3v) is 2.80. The fraction of sp³-hybridized carbons (Fsp3) is 0.100. The Morgan fingerprint density at radius 2 is 2.00 bits per heavy atom. The van der Waals surface area contributed by atoms with Crippen LogP contribution in [0.2, 0.25) is 0 Å². The molecule has 1 N–H and O–H groups in total. The van der Waals surface area contributed by atoms with Crippen LogP contribution in [0.5, 0.6) is 0 Å². The largest absolute Gasteiger partial charge is 0.416 e. The number of alkyl halides is 3. The Hall–Kier alpha value is -1.43. The highest BCUT2D eigenvalue weighted by molar-refractivity contribution is 7.99. The number of halogens is 3. The molecule has 84 valence electrons. The van der Waals surface area contributed by atoms with Gasteiger partial charge in [-0.2, -0.15) is 18.3 Å². The number of hydrogen-bond acceptors (Lipinski definition) is 2. The zero-order valence-corrected chi connectivity index (χ0v) is 8.77. The minimum atomic E-state index is -4.30. The van der Waals surface area contributed by atoms with Gasteiger partial charge < -0.3 is 0 Å². The van der Waals surface area contributed by atoms with Gasteiger partial charge in [-0.25, -0.2) is 0 Å². The predicted octanol–water partition coefficient (Wildman–Crippen LogP) is 3.58. The first-order valence-corrected chi connectivity index (χ1v) is 5.22. The molecule has 0 saturated heterocycles. The van der Waals surface area contributed by atoms with Crippen molar-refractivity contribution in [1.82, 2.24) is 10.2 Å². The van der Waals surface area contributed by atoms with Crippen LogP contribution >= 0.6 is 11.8 Å². The highest BCUT2D eigenvalue weighted by Gasteiger charge is 2.30. The summed E-state index contributed by atoms with van der Waals surface area (Å²) in [6.45, 7) is 0. The van der Waals surface area contributed by atoms with Crippen molar-refractivity contribution in [2.75, 3.05) is 0 Å². The van der Waals surface area contributed by atoms with Gasteiger partial charge in [0.05, 0.1) is 10.6 Å². The number of aromatic amines is 1. The molecule has 2 aromatic rings. The van der Waals surface area contributed by atoms with E-state index in [1.165, 1.54) is 17.8 Å². The lowest BCUT2D eigenvalue weighted by Crippen LogP contribution is -2.04. The van der Waals surface area contributed by atoms with Gasteiger partial charge in [-0.15, -0.1) is 0 Å². The maximum atomic E-state index is 12.4. The van der Waals surface area contributed by atoms with Gasteiger partial charge in [0.15, 0.2) is 0 Å². The maximum absolute atomic E-state index is 12.4. The monoisotopic (exact) mass is 244 g/mol. The minimum Gasteiger partial charge on any atom is -0.272 e. The fourth-order valence-corrected chi connectivity index (χ4v) is 1.98. The Bertz CT molecular complexity index is 465. The van der Waals surface area contributed by atoms with Crippen molar-refractivity contribution in [2.24, 2.45) is 0 Å². The third kappa shape index (κ3) is 2.57. The smallest absolute Gasteiger partial charge is 0.272 e. The average Bonchev–Trinajstić information content (AvgIpc) is 2.70. The van der Waals surface area contributed by atoms with E-state index in [9.17, 15) is 13.2 Å². The van der Waals surface area contributed by atoms with Crippen molar-refractivity contribution in [3.8, 4) is 0 Å². The van der Waals surface area contributed by atoms with Crippen molar-refractivity contribution < 1.29 is 13.2 Å². The SMILES string of the molecule is FC(F)(F)c1cccc(Sc2ccn[nH]2)c1. The first-order chi connectivity index (χ1) is 7.55. The van der Waals surface area contributed by atoms with E-state index in [0.29, 0.717) is 9.92 Å². The van der Waals surface area contributed by atoms with Gasteiger partial charge in [0.25, 0.3) is 0 Å². The number of aromatic nitrogens is 2. The van der Waals surface area contributed by atoms with Crippen molar-refractivity contribution in [1.29, 1.82) is 0 Å². The summed E-state index contributed by atoms with van der Waals surface area (Å²) in [5.41, 5.74) is -0.642. The molecule has 0 spiro atoms. The summed E-state index contributed by atoms with van der Waals surface area (Å²) < 4.78 is 37.3. The molecule has 1 aromatic carbocycles. The molecule has 0 aliphatic rings. The molecule has 0 aliphatic carbocycles. The van der Waals surface area contributed by atoms with Crippen LogP contribution in [0.25, 0.3) is 0 Å². The molecular formula is C10H7F3N2S. The van der Waals surface area contributed by atoms with Gasteiger partial charge in [-0.1, -0.05) is 17.8 Å². The molecule has 0 unspecified atom stereocenters. The quantitative estimate of drug-likeness (QED) is 0.874. The molecule has 16 heavy (non-hydrogen) atoms. The molecule has 6 heteroatoms. The maximum Gasteiger partial charge on any atom is 0.416 e. The highest BCUT2D eigenvalue weighted by Crippen LogP contribution is 2.33. The molecular weight excluding hydrogens is 237 g/mol. The molecule has 2 rings (SSSR count). The number of H-pyrrole nitrogens is 1. The van der Waals surface area contributed by atoms with Gasteiger partial charge in [0, 0.05) is 11.1 Å². The van der Waals surface area contributed by atoms with E-state index in [4.69, 9.17) is 0 Å². The lowest BCUT2D eigenvalue weighted by molar-refractivity contribution is -0.137. The second kappa shape index (κ2) is 4.21. The van der Waals surface area contributed by atoms with E-state index in [-0.39, 0.29) is 0 Å². The summed E-state index contributed by atoms with van der Waals surface area (Å²) >= 11 is 1.21. The van der Waals surface area contributed by atoms with E-state index in [1.54, 1.807) is 18.3 Å². The van der Waals surface area contributed by atoms with Crippen LogP contribution < -0.4 is 0 Å². The van der Waals surface area contributed by atoms with E-state index >= 15 is 0 Å². The number of hydrogen-bond donors (Lipinski definition) is 1. The van der Waals surface area contributed by atoms with E-state index in [0.717, 1.165) is 12.1 Å². The van der Waals surface area contributed by atoms with Crippen LogP contribution in [0.1, 0.15) is 5.56 Å². The first-order valence-electron chi connectivity index (χ1n) is 4.40. The van der Waals surface area contributed by atoms with Crippen molar-refractivity contribution in [2.45, 2.75) is 16.1 Å². The summed E-state index contributed by atoms with van der Waals surface area (Å²) in [7, 11) is 0. The Balaban J connectivity index is 2.23. The van der Waals surface area contributed by atoms with E-state index < -0.39 is 11.7 Å². The molecule has 0 fully saturated rings. The molecule has 1 aromatic heterocycles. The molecule has 0 aliphatic heterocycles. The second-order valence-corrected chi connectivity index (χ2v) is 4.16. The molecule has 0 atom stereocenters. The van der Waals surface area contributed by atoms with Gasteiger partial charge in [-0.05, 0) is 24.3 Å². The summed E-state index contributed by atoms with van der Waals surface area (Å²) in [6, 6.07) is 6.88. The normalized spacial score (nSPS) is 11.7. The second-order valence-electron chi connectivity index (χ2n) is 3.05. The number of benzene rings is 1. The molecule has 0 saturated carbocycles. The van der Waals surface area contributed by atoms with Gasteiger partial charge >= 0.3 is 6.18 Å². The summed E-state index contributed by atoms with van der Waals surface area (Å²) in [5, 5.41) is 7.10. The van der Waals surface area contributed by atoms with Gasteiger partial charge in [-0.3, -0.25) is 5.10 Å². The van der Waals surface area contributed by atoms with Crippen LogP contribution in [-0.4, -0.2) is 10.2 Å². The van der Waals surface area contributed by atoms with Crippen molar-refractivity contribution >= 4 is 11.8 Å². The van der Waals surface area contributed by atoms with E-state index in [2.05, 4.69) is 10.2 Å². The Morgan fingerprint density at radius 1 is 1.19 bits per heavy atom.